The number of halogens is 6. The molecule has 0 aromatic heterocycles. The standard InChI is InChI=1S/C25H35F6NO3/c1-4-5-6-7-8-9-10-11-12-15-35-23(34)21(17(2)3)32-22(33)19-16-18(24(26,27)28)13-14-20(19)25(29,30)31/h13-14,16-17,21H,4-12,15H2,1-3H3,(H,32,33). The first-order chi connectivity index (χ1) is 16.3. The highest BCUT2D eigenvalue weighted by Crippen LogP contribution is 2.36. The summed E-state index contributed by atoms with van der Waals surface area (Å²) in [5.74, 6) is -2.83. The average molecular weight is 512 g/mol. The van der Waals surface area contributed by atoms with Crippen LogP contribution in [0.3, 0.4) is 0 Å². The zero-order chi connectivity index (χ0) is 26.6. The first-order valence-corrected chi connectivity index (χ1v) is 12.0. The number of carbonyl (C=O) groups excluding carboxylic acids is 2. The summed E-state index contributed by atoms with van der Waals surface area (Å²) in [5.41, 5.74) is -4.12. The molecule has 1 aromatic carbocycles. The van der Waals surface area contributed by atoms with Crippen molar-refractivity contribution in [2.45, 2.75) is 97.0 Å². The maximum atomic E-state index is 13.3. The van der Waals surface area contributed by atoms with Crippen LogP contribution in [0.2, 0.25) is 0 Å². The summed E-state index contributed by atoms with van der Waals surface area (Å²) < 4.78 is 84.1. The van der Waals surface area contributed by atoms with E-state index in [1.54, 1.807) is 13.8 Å². The lowest BCUT2D eigenvalue weighted by molar-refractivity contribution is -0.147. The fourth-order valence-corrected chi connectivity index (χ4v) is 3.55. The number of amides is 1. The van der Waals surface area contributed by atoms with Crippen LogP contribution in [0, 0.1) is 5.92 Å². The summed E-state index contributed by atoms with van der Waals surface area (Å²) in [4.78, 5) is 25.0. The van der Waals surface area contributed by atoms with Gasteiger partial charge in [-0.25, -0.2) is 4.79 Å². The minimum Gasteiger partial charge on any atom is -0.464 e. The van der Waals surface area contributed by atoms with Crippen LogP contribution >= 0.6 is 0 Å². The average Bonchev–Trinajstić information content (AvgIpc) is 2.76. The van der Waals surface area contributed by atoms with E-state index in [9.17, 15) is 35.9 Å². The van der Waals surface area contributed by atoms with Crippen LogP contribution in [0.15, 0.2) is 18.2 Å². The Kier molecular flexibility index (Phi) is 12.6. The smallest absolute Gasteiger partial charge is 0.417 e. The molecule has 0 heterocycles. The molecule has 0 saturated carbocycles. The minimum atomic E-state index is -5.05. The topological polar surface area (TPSA) is 55.4 Å². The van der Waals surface area contributed by atoms with Gasteiger partial charge in [0.05, 0.1) is 23.3 Å². The molecule has 1 rings (SSSR count). The van der Waals surface area contributed by atoms with E-state index >= 15 is 0 Å². The van der Waals surface area contributed by atoms with Gasteiger partial charge in [-0.15, -0.1) is 0 Å². The van der Waals surface area contributed by atoms with Crippen molar-refractivity contribution in [3.05, 3.63) is 34.9 Å². The number of carbonyl (C=O) groups is 2. The van der Waals surface area contributed by atoms with Gasteiger partial charge in [0.2, 0.25) is 0 Å². The Morgan fingerprint density at radius 3 is 1.89 bits per heavy atom. The Morgan fingerprint density at radius 1 is 0.857 bits per heavy atom. The highest BCUT2D eigenvalue weighted by atomic mass is 19.4. The van der Waals surface area contributed by atoms with Gasteiger partial charge in [-0.3, -0.25) is 4.79 Å². The van der Waals surface area contributed by atoms with Crippen molar-refractivity contribution in [3.8, 4) is 0 Å². The van der Waals surface area contributed by atoms with Gasteiger partial charge in [-0.05, 0) is 30.5 Å². The van der Waals surface area contributed by atoms with Crippen LogP contribution in [0.1, 0.15) is 100 Å². The molecule has 0 fully saturated rings. The number of esters is 1. The molecule has 0 aliphatic carbocycles. The monoisotopic (exact) mass is 511 g/mol. The zero-order valence-corrected chi connectivity index (χ0v) is 20.5. The molecule has 200 valence electrons. The molecule has 1 aromatic rings. The number of benzene rings is 1. The van der Waals surface area contributed by atoms with Gasteiger partial charge < -0.3 is 10.1 Å². The van der Waals surface area contributed by atoms with Crippen LogP contribution in [0.5, 0.6) is 0 Å². The lowest BCUT2D eigenvalue weighted by Crippen LogP contribution is -2.45. The second kappa shape index (κ2) is 14.3. The van der Waals surface area contributed by atoms with Crippen LogP contribution in [-0.2, 0) is 21.9 Å². The molecule has 0 saturated heterocycles. The Morgan fingerprint density at radius 2 is 1.40 bits per heavy atom. The number of hydrogen-bond donors (Lipinski definition) is 1. The van der Waals surface area contributed by atoms with Gasteiger partial charge >= 0.3 is 18.3 Å². The van der Waals surface area contributed by atoms with Gasteiger partial charge in [0.1, 0.15) is 6.04 Å². The summed E-state index contributed by atoms with van der Waals surface area (Å²) in [6.07, 6.45) is -0.486. The van der Waals surface area contributed by atoms with Gasteiger partial charge in [-0.1, -0.05) is 72.1 Å². The van der Waals surface area contributed by atoms with Gasteiger partial charge in [0.25, 0.3) is 5.91 Å². The third-order valence-electron chi connectivity index (χ3n) is 5.60. The molecule has 1 N–H and O–H groups in total. The third kappa shape index (κ3) is 10.9. The maximum absolute atomic E-state index is 13.3. The largest absolute Gasteiger partial charge is 0.464 e. The second-order valence-corrected chi connectivity index (χ2v) is 8.95. The van der Waals surface area contributed by atoms with Crippen molar-refractivity contribution in [2.24, 2.45) is 5.92 Å². The molecule has 0 aliphatic heterocycles. The molecule has 0 aliphatic rings. The molecule has 4 nitrogen and oxygen atoms in total. The molecule has 10 heteroatoms. The van der Waals surface area contributed by atoms with Crippen molar-refractivity contribution in [3.63, 3.8) is 0 Å². The summed E-state index contributed by atoms with van der Waals surface area (Å²) in [6, 6.07) is -0.691. The van der Waals surface area contributed by atoms with Crippen molar-refractivity contribution < 1.29 is 40.7 Å². The lowest BCUT2D eigenvalue weighted by atomic mass is 10.00. The Bertz CT molecular complexity index is 805. The number of nitrogens with one attached hydrogen (secondary N) is 1. The maximum Gasteiger partial charge on any atom is 0.417 e. The van der Waals surface area contributed by atoms with Crippen molar-refractivity contribution in [1.29, 1.82) is 0 Å². The van der Waals surface area contributed by atoms with Crippen molar-refractivity contribution in [1.82, 2.24) is 5.32 Å². The molecule has 1 amide bonds. The highest BCUT2D eigenvalue weighted by molar-refractivity contribution is 5.98. The van der Waals surface area contributed by atoms with Gasteiger partial charge in [0.15, 0.2) is 0 Å². The van der Waals surface area contributed by atoms with E-state index in [0.717, 1.165) is 25.7 Å². The fraction of sp³-hybridized carbons (Fsp3) is 0.680. The first-order valence-electron chi connectivity index (χ1n) is 12.0. The third-order valence-corrected chi connectivity index (χ3v) is 5.60. The Hall–Kier alpha value is -2.26. The molecule has 0 bridgehead atoms. The van der Waals surface area contributed by atoms with Crippen LogP contribution in [-0.4, -0.2) is 24.5 Å². The number of ether oxygens (including phenoxy) is 1. The van der Waals surface area contributed by atoms with Crippen molar-refractivity contribution >= 4 is 11.9 Å². The molecular formula is C25H35F6NO3. The zero-order valence-electron chi connectivity index (χ0n) is 20.5. The van der Waals surface area contributed by atoms with Crippen LogP contribution < -0.4 is 5.32 Å². The van der Waals surface area contributed by atoms with E-state index in [1.165, 1.54) is 25.7 Å². The Labute approximate surface area is 202 Å². The van der Waals surface area contributed by atoms with E-state index in [-0.39, 0.29) is 24.8 Å². The SMILES string of the molecule is CCCCCCCCCCCOC(=O)C(NC(=O)c1cc(C(F)(F)F)ccc1C(F)(F)F)C(C)C. The minimum absolute atomic E-state index is 0.0884. The number of unbranched alkanes of at least 4 members (excludes halogenated alkanes) is 8. The normalized spacial score (nSPS) is 13.1. The summed E-state index contributed by atoms with van der Waals surface area (Å²) >= 11 is 0. The fourth-order valence-electron chi connectivity index (χ4n) is 3.55. The van der Waals surface area contributed by atoms with Crippen LogP contribution in [0.4, 0.5) is 26.3 Å². The predicted octanol–water partition coefficient (Wildman–Crippen LogP) is 7.55. The van der Waals surface area contributed by atoms with E-state index in [2.05, 4.69) is 12.2 Å². The van der Waals surface area contributed by atoms with E-state index in [1.807, 2.05) is 0 Å². The summed E-state index contributed by atoms with van der Waals surface area (Å²) in [7, 11) is 0. The predicted molar refractivity (Wildman–Crippen MR) is 121 cm³/mol. The highest BCUT2D eigenvalue weighted by Gasteiger charge is 2.39. The quantitative estimate of drug-likeness (QED) is 0.159. The molecule has 0 spiro atoms. The second-order valence-electron chi connectivity index (χ2n) is 8.95. The number of alkyl halides is 6. The molecule has 1 unspecified atom stereocenters. The Balaban J connectivity index is 2.72. The van der Waals surface area contributed by atoms with E-state index in [0.29, 0.717) is 6.42 Å². The first kappa shape index (κ1) is 30.8. The molecular weight excluding hydrogens is 476 g/mol. The summed E-state index contributed by atoms with van der Waals surface area (Å²) in [6.45, 7) is 5.33. The van der Waals surface area contributed by atoms with E-state index < -0.39 is 52.9 Å². The van der Waals surface area contributed by atoms with Crippen LogP contribution in [0.25, 0.3) is 0 Å². The molecule has 35 heavy (non-hydrogen) atoms. The van der Waals surface area contributed by atoms with Crippen molar-refractivity contribution in [2.75, 3.05) is 6.61 Å². The molecule has 0 radical (unpaired) electrons. The summed E-state index contributed by atoms with van der Waals surface area (Å²) in [5, 5.41) is 2.13. The van der Waals surface area contributed by atoms with Gasteiger partial charge in [-0.2, -0.15) is 26.3 Å². The lowest BCUT2D eigenvalue weighted by Gasteiger charge is -2.22. The number of hydrogen-bond acceptors (Lipinski definition) is 3. The molecule has 1 atom stereocenters. The van der Waals surface area contributed by atoms with Gasteiger partial charge in [0, 0.05) is 0 Å². The number of rotatable bonds is 14. The van der Waals surface area contributed by atoms with E-state index in [4.69, 9.17) is 4.74 Å².